The fraction of sp³-hybridized carbons (Fsp3) is 0.667. The average molecular weight is 244 g/mol. The van der Waals surface area contributed by atoms with Crippen molar-refractivity contribution in [1.82, 2.24) is 5.32 Å². The van der Waals surface area contributed by atoms with Gasteiger partial charge in [-0.25, -0.2) is 0 Å². The molecule has 84 valence electrons. The largest absolute Gasteiger partial charge is 0.309 e. The molecular weight excluding hydrogens is 226 g/mol. The van der Waals surface area contributed by atoms with Crippen LogP contribution in [0.2, 0.25) is 5.02 Å². The molecule has 1 N–H and O–H groups in total. The first-order valence-corrected chi connectivity index (χ1v) is 6.96. The summed E-state index contributed by atoms with van der Waals surface area (Å²) in [5.41, 5.74) is 1.22. The summed E-state index contributed by atoms with van der Waals surface area (Å²) in [7, 11) is 0. The molecule has 1 unspecified atom stereocenters. The minimum atomic E-state index is 0.495. The molecule has 1 nitrogen and oxygen atoms in total. The van der Waals surface area contributed by atoms with E-state index in [0.29, 0.717) is 6.04 Å². The third kappa shape index (κ3) is 2.22. The third-order valence-electron chi connectivity index (χ3n) is 3.25. The van der Waals surface area contributed by atoms with Gasteiger partial charge in [-0.3, -0.25) is 0 Å². The molecule has 1 atom stereocenters. The summed E-state index contributed by atoms with van der Waals surface area (Å²) in [5, 5.41) is 6.73. The summed E-state index contributed by atoms with van der Waals surface area (Å²) in [6.07, 6.45) is 4.09. The van der Waals surface area contributed by atoms with Gasteiger partial charge in [0.2, 0.25) is 0 Å². The van der Waals surface area contributed by atoms with Gasteiger partial charge in [-0.15, -0.1) is 11.3 Å². The Morgan fingerprint density at radius 3 is 2.73 bits per heavy atom. The lowest BCUT2D eigenvalue weighted by Gasteiger charge is -2.34. The van der Waals surface area contributed by atoms with Crippen molar-refractivity contribution in [3.8, 4) is 0 Å². The highest BCUT2D eigenvalue weighted by molar-refractivity contribution is 7.10. The molecule has 2 rings (SSSR count). The Morgan fingerprint density at radius 2 is 2.33 bits per heavy atom. The standard InChI is InChI=1S/C12H18ClNS/c1-3-14-11(9-5-4-6-9)12-10(13)8(2)7-15-12/h7,9,11,14H,3-6H2,1-2H3. The number of thiophene rings is 1. The van der Waals surface area contributed by atoms with Crippen LogP contribution < -0.4 is 5.32 Å². The zero-order chi connectivity index (χ0) is 10.8. The van der Waals surface area contributed by atoms with Crippen LogP contribution in [0.5, 0.6) is 0 Å². The van der Waals surface area contributed by atoms with Gasteiger partial charge in [-0.1, -0.05) is 24.9 Å². The Bertz CT molecular complexity index is 330. The van der Waals surface area contributed by atoms with Crippen LogP contribution >= 0.6 is 22.9 Å². The lowest BCUT2D eigenvalue weighted by Crippen LogP contribution is -2.31. The monoisotopic (exact) mass is 243 g/mol. The van der Waals surface area contributed by atoms with E-state index in [1.54, 1.807) is 0 Å². The van der Waals surface area contributed by atoms with Crippen molar-refractivity contribution in [2.45, 2.75) is 39.2 Å². The van der Waals surface area contributed by atoms with Crippen molar-refractivity contribution < 1.29 is 0 Å². The first kappa shape index (κ1) is 11.4. The molecule has 0 spiro atoms. The second kappa shape index (κ2) is 4.86. The molecule has 0 saturated heterocycles. The van der Waals surface area contributed by atoms with E-state index >= 15 is 0 Å². The zero-order valence-electron chi connectivity index (χ0n) is 9.35. The first-order chi connectivity index (χ1) is 7.24. The third-order valence-corrected chi connectivity index (χ3v) is 5.05. The van der Waals surface area contributed by atoms with Crippen LogP contribution in [0.15, 0.2) is 5.38 Å². The molecule has 1 aromatic heterocycles. The summed E-state index contributed by atoms with van der Waals surface area (Å²) in [6, 6.07) is 0.495. The van der Waals surface area contributed by atoms with E-state index < -0.39 is 0 Å². The minimum Gasteiger partial charge on any atom is -0.309 e. The van der Waals surface area contributed by atoms with E-state index in [1.807, 2.05) is 11.3 Å². The Hall–Kier alpha value is -0.0500. The maximum Gasteiger partial charge on any atom is 0.0590 e. The van der Waals surface area contributed by atoms with Crippen molar-refractivity contribution in [2.24, 2.45) is 5.92 Å². The highest BCUT2D eigenvalue weighted by Gasteiger charge is 2.30. The smallest absolute Gasteiger partial charge is 0.0590 e. The summed E-state index contributed by atoms with van der Waals surface area (Å²) in [4.78, 5) is 1.35. The van der Waals surface area contributed by atoms with Crippen molar-refractivity contribution in [3.05, 3.63) is 20.8 Å². The van der Waals surface area contributed by atoms with Gasteiger partial charge in [0.25, 0.3) is 0 Å². The van der Waals surface area contributed by atoms with Crippen LogP contribution in [0.25, 0.3) is 0 Å². The van der Waals surface area contributed by atoms with Gasteiger partial charge in [0.15, 0.2) is 0 Å². The fourth-order valence-electron chi connectivity index (χ4n) is 2.13. The van der Waals surface area contributed by atoms with E-state index in [0.717, 1.165) is 17.5 Å². The topological polar surface area (TPSA) is 12.0 Å². The van der Waals surface area contributed by atoms with Crippen LogP contribution in [0, 0.1) is 12.8 Å². The van der Waals surface area contributed by atoms with Gasteiger partial charge in [-0.05, 0) is 43.2 Å². The molecule has 0 aromatic carbocycles. The first-order valence-electron chi connectivity index (χ1n) is 5.71. The lowest BCUT2D eigenvalue weighted by molar-refractivity contribution is 0.236. The molecule has 1 saturated carbocycles. The molecule has 1 heterocycles. The molecule has 0 aliphatic heterocycles. The number of aryl methyl sites for hydroxylation is 1. The predicted octanol–water partition coefficient (Wildman–Crippen LogP) is 4.16. The summed E-state index contributed by atoms with van der Waals surface area (Å²) >= 11 is 8.14. The highest BCUT2D eigenvalue weighted by Crippen LogP contribution is 2.43. The SMILES string of the molecule is CCNC(c1scc(C)c1Cl)C1CCC1. The maximum atomic E-state index is 6.33. The number of hydrogen-bond acceptors (Lipinski definition) is 2. The van der Waals surface area contributed by atoms with Crippen molar-refractivity contribution in [2.75, 3.05) is 6.54 Å². The quantitative estimate of drug-likeness (QED) is 0.838. The normalized spacial score (nSPS) is 18.9. The number of nitrogens with one attached hydrogen (secondary N) is 1. The van der Waals surface area contributed by atoms with Gasteiger partial charge >= 0.3 is 0 Å². The second-order valence-electron chi connectivity index (χ2n) is 4.32. The molecular formula is C12H18ClNS. The molecule has 0 bridgehead atoms. The molecule has 0 amide bonds. The Kier molecular flexibility index (Phi) is 3.70. The van der Waals surface area contributed by atoms with Crippen LogP contribution in [-0.2, 0) is 0 Å². The van der Waals surface area contributed by atoms with Gasteiger partial charge in [0, 0.05) is 10.9 Å². The number of hydrogen-bond donors (Lipinski definition) is 1. The minimum absolute atomic E-state index is 0.495. The zero-order valence-corrected chi connectivity index (χ0v) is 10.9. The maximum absolute atomic E-state index is 6.33. The Morgan fingerprint density at radius 1 is 1.60 bits per heavy atom. The van der Waals surface area contributed by atoms with Crippen LogP contribution in [-0.4, -0.2) is 6.54 Å². The van der Waals surface area contributed by atoms with E-state index in [4.69, 9.17) is 11.6 Å². The summed E-state index contributed by atoms with van der Waals surface area (Å²) < 4.78 is 0. The Labute approximate surface area is 101 Å². The highest BCUT2D eigenvalue weighted by atomic mass is 35.5. The van der Waals surface area contributed by atoms with Gasteiger partial charge in [-0.2, -0.15) is 0 Å². The lowest BCUT2D eigenvalue weighted by atomic mass is 9.79. The van der Waals surface area contributed by atoms with E-state index in [-0.39, 0.29) is 0 Å². The molecule has 0 radical (unpaired) electrons. The average Bonchev–Trinajstić information content (AvgIpc) is 2.44. The van der Waals surface area contributed by atoms with Gasteiger partial charge < -0.3 is 5.32 Å². The number of halogens is 1. The summed E-state index contributed by atoms with van der Waals surface area (Å²) in [5.74, 6) is 0.806. The second-order valence-corrected chi connectivity index (χ2v) is 5.61. The van der Waals surface area contributed by atoms with E-state index in [9.17, 15) is 0 Å². The molecule has 1 aliphatic rings. The van der Waals surface area contributed by atoms with Gasteiger partial charge in [0.05, 0.1) is 5.02 Å². The van der Waals surface area contributed by atoms with Crippen molar-refractivity contribution in [3.63, 3.8) is 0 Å². The fourth-order valence-corrected chi connectivity index (χ4v) is 3.60. The molecule has 1 fully saturated rings. The van der Waals surface area contributed by atoms with Gasteiger partial charge in [0.1, 0.15) is 0 Å². The summed E-state index contributed by atoms with van der Waals surface area (Å²) in [6.45, 7) is 5.28. The predicted molar refractivity (Wildman–Crippen MR) is 67.8 cm³/mol. The van der Waals surface area contributed by atoms with Crippen molar-refractivity contribution in [1.29, 1.82) is 0 Å². The molecule has 1 aromatic rings. The Balaban J connectivity index is 2.19. The molecule has 3 heteroatoms. The molecule has 15 heavy (non-hydrogen) atoms. The van der Waals surface area contributed by atoms with E-state index in [2.05, 4.69) is 24.5 Å². The number of rotatable bonds is 4. The van der Waals surface area contributed by atoms with Crippen LogP contribution in [0.3, 0.4) is 0 Å². The molecule has 1 aliphatic carbocycles. The van der Waals surface area contributed by atoms with Crippen LogP contribution in [0.4, 0.5) is 0 Å². The van der Waals surface area contributed by atoms with E-state index in [1.165, 1.54) is 29.7 Å². The van der Waals surface area contributed by atoms with Crippen LogP contribution in [0.1, 0.15) is 42.7 Å². The van der Waals surface area contributed by atoms with Crippen molar-refractivity contribution >= 4 is 22.9 Å².